The molecule has 2 aromatic rings. The lowest BCUT2D eigenvalue weighted by Gasteiger charge is -2.29. The van der Waals surface area contributed by atoms with Gasteiger partial charge in [0.2, 0.25) is 11.8 Å². The maximum absolute atomic E-state index is 12.8. The Bertz CT molecular complexity index is 876. The van der Waals surface area contributed by atoms with E-state index in [4.69, 9.17) is 0 Å². The zero-order valence-corrected chi connectivity index (χ0v) is 14.3. The van der Waals surface area contributed by atoms with Crippen LogP contribution in [0, 0.1) is 0 Å². The van der Waals surface area contributed by atoms with Crippen molar-refractivity contribution in [2.75, 3.05) is 11.6 Å². The largest absolute Gasteiger partial charge is 0.334 e. The zero-order chi connectivity index (χ0) is 18.1. The van der Waals surface area contributed by atoms with E-state index in [2.05, 4.69) is 17.6 Å². The molecule has 2 aliphatic rings. The van der Waals surface area contributed by atoms with Gasteiger partial charge in [-0.25, -0.2) is 5.01 Å². The maximum atomic E-state index is 12.8. The molecule has 4 rings (SSSR count). The summed E-state index contributed by atoms with van der Waals surface area (Å²) < 4.78 is 0. The molecule has 0 atom stereocenters. The molecule has 132 valence electrons. The summed E-state index contributed by atoms with van der Waals surface area (Å²) in [6.45, 7) is 1.30. The summed E-state index contributed by atoms with van der Waals surface area (Å²) in [5, 5.41) is 1.25. The molecule has 1 saturated heterocycles. The SMILES string of the molecule is O=C1CCC(=O)N(c2ccc(C(=O)N3CCc4ccccc4C3)cc2)N1. The first-order valence-electron chi connectivity index (χ1n) is 8.70. The smallest absolute Gasteiger partial charge is 0.254 e. The second-order valence-electron chi connectivity index (χ2n) is 6.56. The van der Waals surface area contributed by atoms with E-state index in [-0.39, 0.29) is 30.6 Å². The first-order valence-corrected chi connectivity index (χ1v) is 8.70. The standard InChI is InChI=1S/C20H19N3O3/c24-18-9-10-19(25)23(21-18)17-7-5-15(6-8-17)20(26)22-12-11-14-3-1-2-4-16(14)13-22/h1-8H,9-13H2,(H,21,24). The Morgan fingerprint density at radius 1 is 0.885 bits per heavy atom. The normalized spacial score (nSPS) is 16.9. The number of rotatable bonds is 2. The fourth-order valence-corrected chi connectivity index (χ4v) is 3.39. The number of nitrogens with one attached hydrogen (secondary N) is 1. The highest BCUT2D eigenvalue weighted by atomic mass is 16.2. The van der Waals surface area contributed by atoms with Crippen molar-refractivity contribution in [1.29, 1.82) is 0 Å². The van der Waals surface area contributed by atoms with Gasteiger partial charge in [-0.05, 0) is 41.8 Å². The van der Waals surface area contributed by atoms with Crippen LogP contribution in [0.2, 0.25) is 0 Å². The summed E-state index contributed by atoms with van der Waals surface area (Å²) in [4.78, 5) is 38.1. The van der Waals surface area contributed by atoms with Gasteiger partial charge in [-0.15, -0.1) is 0 Å². The van der Waals surface area contributed by atoms with Gasteiger partial charge >= 0.3 is 0 Å². The molecule has 2 aromatic carbocycles. The van der Waals surface area contributed by atoms with Gasteiger partial charge in [-0.1, -0.05) is 24.3 Å². The Balaban J connectivity index is 1.49. The van der Waals surface area contributed by atoms with Gasteiger partial charge in [0.05, 0.1) is 5.69 Å². The third-order valence-corrected chi connectivity index (χ3v) is 4.84. The predicted octanol–water partition coefficient (Wildman–Crippen LogP) is 2.04. The third-order valence-electron chi connectivity index (χ3n) is 4.84. The molecule has 26 heavy (non-hydrogen) atoms. The zero-order valence-electron chi connectivity index (χ0n) is 14.3. The van der Waals surface area contributed by atoms with Gasteiger partial charge in [0.25, 0.3) is 5.91 Å². The van der Waals surface area contributed by atoms with Gasteiger partial charge in [0.1, 0.15) is 0 Å². The van der Waals surface area contributed by atoms with Gasteiger partial charge < -0.3 is 4.90 Å². The number of carbonyl (C=O) groups excluding carboxylic acids is 3. The number of amides is 3. The van der Waals surface area contributed by atoms with Crippen molar-refractivity contribution in [2.45, 2.75) is 25.8 Å². The number of hydrogen-bond acceptors (Lipinski definition) is 3. The van der Waals surface area contributed by atoms with Crippen LogP contribution in [0.25, 0.3) is 0 Å². The van der Waals surface area contributed by atoms with Crippen molar-refractivity contribution in [1.82, 2.24) is 10.3 Å². The Morgan fingerprint density at radius 2 is 1.62 bits per heavy atom. The van der Waals surface area contributed by atoms with Crippen LogP contribution in [0.15, 0.2) is 48.5 Å². The molecule has 0 unspecified atom stereocenters. The number of nitrogens with zero attached hydrogens (tertiary/aromatic N) is 2. The summed E-state index contributed by atoms with van der Waals surface area (Å²) in [6.07, 6.45) is 1.26. The molecule has 6 heteroatoms. The summed E-state index contributed by atoms with van der Waals surface area (Å²) in [6, 6.07) is 15.0. The van der Waals surface area contributed by atoms with E-state index in [0.717, 1.165) is 6.42 Å². The van der Waals surface area contributed by atoms with Gasteiger partial charge in [-0.2, -0.15) is 0 Å². The third kappa shape index (κ3) is 3.06. The van der Waals surface area contributed by atoms with Crippen LogP contribution in [0.5, 0.6) is 0 Å². The molecule has 2 aliphatic heterocycles. The highest BCUT2D eigenvalue weighted by Gasteiger charge is 2.25. The molecule has 0 radical (unpaired) electrons. The number of anilines is 1. The van der Waals surface area contributed by atoms with E-state index < -0.39 is 0 Å². The van der Waals surface area contributed by atoms with E-state index in [0.29, 0.717) is 24.3 Å². The minimum atomic E-state index is -0.184. The van der Waals surface area contributed by atoms with Crippen LogP contribution >= 0.6 is 0 Å². The summed E-state index contributed by atoms with van der Waals surface area (Å²) in [5.74, 6) is -0.367. The Hall–Kier alpha value is -3.15. The van der Waals surface area contributed by atoms with E-state index in [9.17, 15) is 14.4 Å². The second-order valence-corrected chi connectivity index (χ2v) is 6.56. The number of hydrogen-bond donors (Lipinski definition) is 1. The lowest BCUT2D eigenvalue weighted by Crippen LogP contribution is -2.50. The molecule has 1 fully saturated rings. The average Bonchev–Trinajstić information content (AvgIpc) is 2.69. The molecular weight excluding hydrogens is 330 g/mol. The first-order chi connectivity index (χ1) is 12.6. The van der Waals surface area contributed by atoms with Crippen LogP contribution in [-0.4, -0.2) is 29.2 Å². The predicted molar refractivity (Wildman–Crippen MR) is 96.2 cm³/mol. The molecule has 0 aliphatic carbocycles. The van der Waals surface area contributed by atoms with Gasteiger partial charge in [-0.3, -0.25) is 19.8 Å². The molecule has 0 saturated carbocycles. The van der Waals surface area contributed by atoms with Crippen LogP contribution in [0.1, 0.15) is 34.3 Å². The van der Waals surface area contributed by atoms with Crippen LogP contribution in [0.3, 0.4) is 0 Å². The highest BCUT2D eigenvalue weighted by Crippen LogP contribution is 2.22. The molecule has 0 aromatic heterocycles. The van der Waals surface area contributed by atoms with E-state index in [1.54, 1.807) is 24.3 Å². The molecule has 0 spiro atoms. The minimum absolute atomic E-state index is 0.0277. The number of hydrazine groups is 1. The maximum Gasteiger partial charge on any atom is 0.254 e. The monoisotopic (exact) mass is 349 g/mol. The molecule has 3 amide bonds. The van der Waals surface area contributed by atoms with Crippen LogP contribution in [-0.2, 0) is 22.6 Å². The minimum Gasteiger partial charge on any atom is -0.334 e. The van der Waals surface area contributed by atoms with E-state index in [1.165, 1.54) is 16.1 Å². The fourth-order valence-electron chi connectivity index (χ4n) is 3.39. The molecular formula is C20H19N3O3. The van der Waals surface area contributed by atoms with Crippen LogP contribution < -0.4 is 10.4 Å². The van der Waals surface area contributed by atoms with E-state index >= 15 is 0 Å². The average molecular weight is 349 g/mol. The van der Waals surface area contributed by atoms with E-state index in [1.807, 2.05) is 17.0 Å². The molecule has 0 bridgehead atoms. The van der Waals surface area contributed by atoms with Crippen LogP contribution in [0.4, 0.5) is 5.69 Å². The summed E-state index contributed by atoms with van der Waals surface area (Å²) in [7, 11) is 0. The van der Waals surface area contributed by atoms with Crippen molar-refractivity contribution in [3.05, 3.63) is 65.2 Å². The number of benzene rings is 2. The van der Waals surface area contributed by atoms with Gasteiger partial charge in [0, 0.05) is 31.5 Å². The Kier molecular flexibility index (Phi) is 4.16. The number of fused-ring (bicyclic) bond motifs is 1. The molecule has 2 heterocycles. The number of carbonyl (C=O) groups is 3. The molecule has 1 N–H and O–H groups in total. The lowest BCUT2D eigenvalue weighted by atomic mass is 9.99. The summed E-state index contributed by atoms with van der Waals surface area (Å²) in [5.41, 5.74) is 6.17. The van der Waals surface area contributed by atoms with Crippen molar-refractivity contribution < 1.29 is 14.4 Å². The topological polar surface area (TPSA) is 69.7 Å². The lowest BCUT2D eigenvalue weighted by molar-refractivity contribution is -0.130. The van der Waals surface area contributed by atoms with Crippen molar-refractivity contribution in [2.24, 2.45) is 0 Å². The Morgan fingerprint density at radius 3 is 2.38 bits per heavy atom. The van der Waals surface area contributed by atoms with Crippen molar-refractivity contribution in [3.8, 4) is 0 Å². The fraction of sp³-hybridized carbons (Fsp3) is 0.250. The highest BCUT2D eigenvalue weighted by molar-refractivity contribution is 6.01. The quantitative estimate of drug-likeness (QED) is 0.902. The Labute approximate surface area is 151 Å². The van der Waals surface area contributed by atoms with Crippen molar-refractivity contribution in [3.63, 3.8) is 0 Å². The summed E-state index contributed by atoms with van der Waals surface area (Å²) >= 11 is 0. The van der Waals surface area contributed by atoms with Gasteiger partial charge in [0.15, 0.2) is 0 Å². The second kappa shape index (κ2) is 6.63. The molecule has 6 nitrogen and oxygen atoms in total. The van der Waals surface area contributed by atoms with Crippen molar-refractivity contribution >= 4 is 23.4 Å². The first kappa shape index (κ1) is 16.3.